The Balaban J connectivity index is 1.59. The van der Waals surface area contributed by atoms with Crippen LogP contribution in [-0.4, -0.2) is 18.5 Å². The Morgan fingerprint density at radius 2 is 1.76 bits per heavy atom. The van der Waals surface area contributed by atoms with Crippen LogP contribution in [0.1, 0.15) is 18.1 Å². The zero-order valence-corrected chi connectivity index (χ0v) is 22.5. The summed E-state index contributed by atoms with van der Waals surface area (Å²) in [5.74, 6) is 0.633. The maximum Gasteiger partial charge on any atom is 0.333 e. The largest absolute Gasteiger partial charge is 0.490 e. The molecule has 0 aliphatic carbocycles. The molecule has 6 nitrogen and oxygen atoms in total. The van der Waals surface area contributed by atoms with Gasteiger partial charge in [0, 0.05) is 8.59 Å². The first-order valence-corrected chi connectivity index (χ1v) is 12.6. The maximum absolute atomic E-state index is 12.9. The number of nitrogens with one attached hydrogen (secondary N) is 1. The Kier molecular flexibility index (Phi) is 7.80. The fourth-order valence-electron chi connectivity index (χ4n) is 3.34. The molecule has 1 saturated heterocycles. The van der Waals surface area contributed by atoms with Gasteiger partial charge in [-0.2, -0.15) is 0 Å². The number of nitrogens with zero attached hydrogens (tertiary/aromatic N) is 1. The molecule has 1 fully saturated rings. The first-order chi connectivity index (χ1) is 16.4. The lowest BCUT2D eigenvalue weighted by molar-refractivity contribution is -0.113. The van der Waals surface area contributed by atoms with Crippen molar-refractivity contribution in [3.05, 3.63) is 90.6 Å². The highest BCUT2D eigenvalue weighted by molar-refractivity contribution is 14.1. The van der Waals surface area contributed by atoms with Gasteiger partial charge in [-0.25, -0.2) is 9.69 Å². The van der Waals surface area contributed by atoms with Crippen LogP contribution in [0.15, 0.2) is 70.8 Å². The summed E-state index contributed by atoms with van der Waals surface area (Å²) in [6.07, 6.45) is 1.60. The smallest absolute Gasteiger partial charge is 0.333 e. The van der Waals surface area contributed by atoms with Gasteiger partial charge in [-0.15, -0.1) is 0 Å². The third-order valence-electron chi connectivity index (χ3n) is 4.90. The number of hydrogen-bond donors (Lipinski definition) is 1. The van der Waals surface area contributed by atoms with Gasteiger partial charge in [0.25, 0.3) is 5.91 Å². The van der Waals surface area contributed by atoms with E-state index in [1.54, 1.807) is 36.4 Å². The number of halogens is 3. The van der Waals surface area contributed by atoms with E-state index in [1.807, 2.05) is 37.3 Å². The van der Waals surface area contributed by atoms with Crippen LogP contribution in [0.4, 0.5) is 10.5 Å². The molecular weight excluding hydrogens is 635 g/mol. The Morgan fingerprint density at radius 3 is 2.44 bits per heavy atom. The van der Waals surface area contributed by atoms with Crippen LogP contribution in [-0.2, 0) is 11.4 Å². The molecule has 0 unspecified atom stereocenters. The van der Waals surface area contributed by atoms with Crippen molar-refractivity contribution >= 4 is 73.8 Å². The monoisotopic (exact) mass is 652 g/mol. The second kappa shape index (κ2) is 10.8. The fraction of sp³-hybridized carbons (Fsp3) is 0.120. The summed E-state index contributed by atoms with van der Waals surface area (Å²) in [6, 6.07) is 17.6. The van der Waals surface area contributed by atoms with E-state index in [2.05, 4.69) is 43.8 Å². The fourth-order valence-corrected chi connectivity index (χ4v) is 4.40. The van der Waals surface area contributed by atoms with Gasteiger partial charge in [0.15, 0.2) is 11.5 Å². The van der Waals surface area contributed by atoms with Gasteiger partial charge in [0.05, 0.1) is 16.8 Å². The van der Waals surface area contributed by atoms with E-state index >= 15 is 0 Å². The second-order valence-corrected chi connectivity index (χ2v) is 9.82. The Labute approximate surface area is 224 Å². The molecule has 1 aliphatic heterocycles. The lowest BCUT2D eigenvalue weighted by Crippen LogP contribution is -2.30. The molecule has 9 heteroatoms. The second-order valence-electron chi connectivity index (χ2n) is 7.28. The first-order valence-electron chi connectivity index (χ1n) is 10.3. The van der Waals surface area contributed by atoms with E-state index in [9.17, 15) is 9.59 Å². The predicted molar refractivity (Wildman–Crippen MR) is 144 cm³/mol. The van der Waals surface area contributed by atoms with Gasteiger partial charge < -0.3 is 14.8 Å². The summed E-state index contributed by atoms with van der Waals surface area (Å²) in [6.45, 7) is 2.69. The van der Waals surface area contributed by atoms with Crippen LogP contribution in [0, 0.1) is 3.57 Å². The third-order valence-corrected chi connectivity index (χ3v) is 6.46. The minimum atomic E-state index is -0.528. The molecule has 34 heavy (non-hydrogen) atoms. The van der Waals surface area contributed by atoms with Crippen LogP contribution in [0.25, 0.3) is 6.08 Å². The number of ether oxygens (including phenoxy) is 2. The number of hydrogen-bond acceptors (Lipinski definition) is 4. The SMILES string of the molecule is CCOc1cc(/C=C2/NC(=O)N(c3ccc(Cl)cc3)C2=O)cc(Br)c1OCc1ccc(I)cc1. The molecule has 0 atom stereocenters. The van der Waals surface area contributed by atoms with Gasteiger partial charge in [0.1, 0.15) is 12.3 Å². The minimum Gasteiger partial charge on any atom is -0.490 e. The average molecular weight is 654 g/mol. The molecule has 1 heterocycles. The average Bonchev–Trinajstić information content (AvgIpc) is 3.08. The molecule has 3 amide bonds. The number of carbonyl (C=O) groups excluding carboxylic acids is 2. The van der Waals surface area contributed by atoms with Crippen molar-refractivity contribution in [2.45, 2.75) is 13.5 Å². The van der Waals surface area contributed by atoms with Crippen molar-refractivity contribution in [2.24, 2.45) is 0 Å². The van der Waals surface area contributed by atoms with Gasteiger partial charge >= 0.3 is 6.03 Å². The first kappa shape index (κ1) is 24.6. The van der Waals surface area contributed by atoms with Crippen molar-refractivity contribution < 1.29 is 19.1 Å². The van der Waals surface area contributed by atoms with Crippen LogP contribution in [0.2, 0.25) is 5.02 Å². The number of urea groups is 1. The normalized spacial score (nSPS) is 14.5. The summed E-state index contributed by atoms with van der Waals surface area (Å²) in [5, 5.41) is 3.15. The Bertz CT molecular complexity index is 1260. The number of imide groups is 1. The van der Waals surface area contributed by atoms with E-state index in [-0.39, 0.29) is 5.70 Å². The lowest BCUT2D eigenvalue weighted by Gasteiger charge is -2.15. The molecule has 174 valence electrons. The Morgan fingerprint density at radius 1 is 1.06 bits per heavy atom. The molecule has 0 aromatic heterocycles. The topological polar surface area (TPSA) is 67.9 Å². The van der Waals surface area contributed by atoms with Gasteiger partial charge in [-0.1, -0.05) is 23.7 Å². The zero-order valence-electron chi connectivity index (χ0n) is 18.0. The number of benzene rings is 3. The van der Waals surface area contributed by atoms with Gasteiger partial charge in [0.2, 0.25) is 0 Å². The molecule has 3 aromatic carbocycles. The summed E-state index contributed by atoms with van der Waals surface area (Å²) < 4.78 is 13.7. The van der Waals surface area contributed by atoms with Crippen molar-refractivity contribution in [3.8, 4) is 11.5 Å². The molecule has 3 aromatic rings. The van der Waals surface area contributed by atoms with Gasteiger partial charge in [-0.05, 0) is 111 Å². The molecule has 0 radical (unpaired) electrons. The zero-order chi connectivity index (χ0) is 24.2. The van der Waals surface area contributed by atoms with Crippen molar-refractivity contribution in [3.63, 3.8) is 0 Å². The van der Waals surface area contributed by atoms with Crippen LogP contribution >= 0.6 is 50.1 Å². The molecule has 1 N–H and O–H groups in total. The minimum absolute atomic E-state index is 0.154. The number of rotatable bonds is 7. The van der Waals surface area contributed by atoms with Gasteiger partial charge in [-0.3, -0.25) is 4.79 Å². The van der Waals surface area contributed by atoms with Crippen LogP contribution in [0.5, 0.6) is 11.5 Å². The molecular formula is C25H19BrClIN2O4. The highest BCUT2D eigenvalue weighted by Crippen LogP contribution is 2.38. The molecule has 1 aliphatic rings. The molecule has 4 rings (SSSR count). The standard InChI is InChI=1S/C25H19BrClIN2O4/c1-2-33-22-13-16(11-20(26)23(22)34-14-15-3-7-18(28)8-4-15)12-21-24(31)30(25(32)29-21)19-9-5-17(27)6-10-19/h3-13H,2,14H2,1H3,(H,29,32)/b21-12+. The number of anilines is 1. The molecule has 0 saturated carbocycles. The summed E-state index contributed by atoms with van der Waals surface area (Å²) >= 11 is 11.7. The van der Waals surface area contributed by atoms with Crippen LogP contribution in [0.3, 0.4) is 0 Å². The maximum atomic E-state index is 12.9. The van der Waals surface area contributed by atoms with E-state index in [0.717, 1.165) is 14.0 Å². The summed E-state index contributed by atoms with van der Waals surface area (Å²) in [4.78, 5) is 26.5. The highest BCUT2D eigenvalue weighted by Gasteiger charge is 2.34. The van der Waals surface area contributed by atoms with E-state index in [4.69, 9.17) is 21.1 Å². The van der Waals surface area contributed by atoms with E-state index in [0.29, 0.717) is 45.5 Å². The lowest BCUT2D eigenvalue weighted by atomic mass is 10.1. The van der Waals surface area contributed by atoms with Crippen LogP contribution < -0.4 is 19.7 Å². The molecule has 0 spiro atoms. The van der Waals surface area contributed by atoms with Crippen molar-refractivity contribution in [2.75, 3.05) is 11.5 Å². The quantitative estimate of drug-likeness (QED) is 0.174. The Hall–Kier alpha value is -2.56. The number of amides is 3. The number of carbonyl (C=O) groups is 2. The van der Waals surface area contributed by atoms with E-state index < -0.39 is 11.9 Å². The molecule has 0 bridgehead atoms. The third kappa shape index (κ3) is 5.56. The van der Waals surface area contributed by atoms with E-state index in [1.165, 1.54) is 0 Å². The predicted octanol–water partition coefficient (Wildman–Crippen LogP) is 6.78. The summed E-state index contributed by atoms with van der Waals surface area (Å²) in [5.41, 5.74) is 2.29. The van der Waals surface area contributed by atoms with Crippen molar-refractivity contribution in [1.82, 2.24) is 5.32 Å². The summed E-state index contributed by atoms with van der Waals surface area (Å²) in [7, 11) is 0. The van der Waals surface area contributed by atoms with Crippen molar-refractivity contribution in [1.29, 1.82) is 0 Å². The highest BCUT2D eigenvalue weighted by atomic mass is 127.